The van der Waals surface area contributed by atoms with Crippen LogP contribution in [0.15, 0.2) is 0 Å². The molecule has 0 aromatic rings. The first kappa shape index (κ1) is 15.4. The van der Waals surface area contributed by atoms with Gasteiger partial charge in [0.05, 0.1) is 13.0 Å². The summed E-state index contributed by atoms with van der Waals surface area (Å²) in [5.74, 6) is 0.647. The Morgan fingerprint density at radius 3 is 2.44 bits per heavy atom. The monoisotopic (exact) mass is 229 g/mol. The number of carbonyl (C=O) groups is 1. The zero-order valence-electron chi connectivity index (χ0n) is 11.2. The van der Waals surface area contributed by atoms with E-state index >= 15 is 0 Å². The minimum Gasteiger partial charge on any atom is -0.466 e. The third-order valence-electron chi connectivity index (χ3n) is 2.94. The summed E-state index contributed by atoms with van der Waals surface area (Å²) in [5, 5.41) is 3.42. The number of ether oxygens (including phenoxy) is 1. The van der Waals surface area contributed by atoms with Crippen molar-refractivity contribution < 1.29 is 9.53 Å². The smallest absolute Gasteiger partial charge is 0.307 e. The fourth-order valence-corrected chi connectivity index (χ4v) is 1.66. The largest absolute Gasteiger partial charge is 0.466 e. The molecule has 0 fully saturated rings. The minimum absolute atomic E-state index is 0.103. The average molecular weight is 229 g/mol. The summed E-state index contributed by atoms with van der Waals surface area (Å²) in [5.41, 5.74) is 0. The molecule has 0 radical (unpaired) electrons. The standard InChI is InChI=1S/C13H27NO2/c1-5-11(4)10-12(6-2)14-9-8-13(15)16-7-3/h11-12,14H,5-10H2,1-4H3. The van der Waals surface area contributed by atoms with Gasteiger partial charge >= 0.3 is 5.97 Å². The lowest BCUT2D eigenvalue weighted by Gasteiger charge is -2.20. The molecule has 0 saturated carbocycles. The maximum atomic E-state index is 11.1. The van der Waals surface area contributed by atoms with Crippen LogP contribution in [0.4, 0.5) is 0 Å². The fourth-order valence-electron chi connectivity index (χ4n) is 1.66. The molecule has 0 spiro atoms. The SMILES string of the molecule is CCOC(=O)CCNC(CC)CC(C)CC. The lowest BCUT2D eigenvalue weighted by Crippen LogP contribution is -2.32. The summed E-state index contributed by atoms with van der Waals surface area (Å²) in [6.07, 6.45) is 4.00. The molecule has 96 valence electrons. The summed E-state index contributed by atoms with van der Waals surface area (Å²) in [7, 11) is 0. The van der Waals surface area contributed by atoms with Crippen LogP contribution in [0.3, 0.4) is 0 Å². The van der Waals surface area contributed by atoms with E-state index in [0.29, 0.717) is 19.1 Å². The second kappa shape index (κ2) is 9.64. The molecule has 0 aromatic heterocycles. The first-order valence-corrected chi connectivity index (χ1v) is 6.52. The van der Waals surface area contributed by atoms with Gasteiger partial charge in [-0.3, -0.25) is 4.79 Å². The first-order valence-electron chi connectivity index (χ1n) is 6.52. The highest BCUT2D eigenvalue weighted by Gasteiger charge is 2.10. The maximum Gasteiger partial charge on any atom is 0.307 e. The minimum atomic E-state index is -0.103. The van der Waals surface area contributed by atoms with Crippen molar-refractivity contribution in [1.29, 1.82) is 0 Å². The number of hydrogen-bond donors (Lipinski definition) is 1. The number of carbonyl (C=O) groups excluding carboxylic acids is 1. The Hall–Kier alpha value is -0.570. The van der Waals surface area contributed by atoms with Crippen LogP contribution < -0.4 is 5.32 Å². The van der Waals surface area contributed by atoms with Gasteiger partial charge in [0, 0.05) is 12.6 Å². The van der Waals surface area contributed by atoms with E-state index in [0.717, 1.165) is 18.9 Å². The summed E-state index contributed by atoms with van der Waals surface area (Å²) in [6, 6.07) is 0.532. The van der Waals surface area contributed by atoms with Gasteiger partial charge in [-0.1, -0.05) is 27.2 Å². The third-order valence-corrected chi connectivity index (χ3v) is 2.94. The summed E-state index contributed by atoms with van der Waals surface area (Å²) in [6.45, 7) is 9.72. The predicted octanol–water partition coefficient (Wildman–Crippen LogP) is 2.74. The van der Waals surface area contributed by atoms with E-state index in [9.17, 15) is 4.79 Å². The van der Waals surface area contributed by atoms with Crippen LogP contribution in [0.2, 0.25) is 0 Å². The summed E-state index contributed by atoms with van der Waals surface area (Å²) < 4.78 is 4.88. The molecule has 3 nitrogen and oxygen atoms in total. The number of esters is 1. The van der Waals surface area contributed by atoms with E-state index in [2.05, 4.69) is 26.1 Å². The quantitative estimate of drug-likeness (QED) is 0.618. The Labute approximate surface area is 99.9 Å². The van der Waals surface area contributed by atoms with Crippen molar-refractivity contribution in [2.24, 2.45) is 5.92 Å². The van der Waals surface area contributed by atoms with E-state index in [-0.39, 0.29) is 5.97 Å². The van der Waals surface area contributed by atoms with Crippen LogP contribution >= 0.6 is 0 Å². The van der Waals surface area contributed by atoms with Crippen LogP contribution in [-0.2, 0) is 9.53 Å². The molecule has 0 heterocycles. The molecule has 0 rings (SSSR count). The average Bonchev–Trinajstić information content (AvgIpc) is 2.27. The van der Waals surface area contributed by atoms with Gasteiger partial charge in [0.15, 0.2) is 0 Å². The van der Waals surface area contributed by atoms with Gasteiger partial charge in [-0.05, 0) is 25.7 Å². The normalized spacial score (nSPS) is 14.5. The topological polar surface area (TPSA) is 38.3 Å². The van der Waals surface area contributed by atoms with Gasteiger partial charge in [0.25, 0.3) is 0 Å². The van der Waals surface area contributed by atoms with E-state index in [1.165, 1.54) is 12.8 Å². The van der Waals surface area contributed by atoms with Crippen molar-refractivity contribution >= 4 is 5.97 Å². The molecule has 0 saturated heterocycles. The van der Waals surface area contributed by atoms with Crippen molar-refractivity contribution in [1.82, 2.24) is 5.32 Å². The Morgan fingerprint density at radius 2 is 1.94 bits per heavy atom. The molecule has 0 amide bonds. The van der Waals surface area contributed by atoms with Gasteiger partial charge in [-0.2, -0.15) is 0 Å². The molecular weight excluding hydrogens is 202 g/mol. The summed E-state index contributed by atoms with van der Waals surface area (Å²) >= 11 is 0. The van der Waals surface area contributed by atoms with Gasteiger partial charge in [-0.25, -0.2) is 0 Å². The van der Waals surface area contributed by atoms with Crippen LogP contribution in [-0.4, -0.2) is 25.2 Å². The van der Waals surface area contributed by atoms with Gasteiger partial charge in [0.1, 0.15) is 0 Å². The molecule has 2 unspecified atom stereocenters. The van der Waals surface area contributed by atoms with Crippen molar-refractivity contribution in [2.45, 2.75) is 59.4 Å². The molecule has 0 bridgehead atoms. The van der Waals surface area contributed by atoms with E-state index in [1.54, 1.807) is 0 Å². The van der Waals surface area contributed by atoms with Gasteiger partial charge in [-0.15, -0.1) is 0 Å². The number of hydrogen-bond acceptors (Lipinski definition) is 3. The maximum absolute atomic E-state index is 11.1. The van der Waals surface area contributed by atoms with Crippen LogP contribution in [0.5, 0.6) is 0 Å². The van der Waals surface area contributed by atoms with E-state index < -0.39 is 0 Å². The van der Waals surface area contributed by atoms with Crippen molar-refractivity contribution in [3.63, 3.8) is 0 Å². The Morgan fingerprint density at radius 1 is 1.25 bits per heavy atom. The van der Waals surface area contributed by atoms with Gasteiger partial charge in [0.2, 0.25) is 0 Å². The zero-order chi connectivity index (χ0) is 12.4. The van der Waals surface area contributed by atoms with E-state index in [4.69, 9.17) is 4.74 Å². The Kier molecular flexibility index (Phi) is 9.30. The lowest BCUT2D eigenvalue weighted by molar-refractivity contribution is -0.143. The van der Waals surface area contributed by atoms with Crippen LogP contribution in [0.1, 0.15) is 53.4 Å². The van der Waals surface area contributed by atoms with Crippen molar-refractivity contribution in [3.8, 4) is 0 Å². The molecule has 0 aliphatic carbocycles. The molecular formula is C13H27NO2. The highest BCUT2D eigenvalue weighted by molar-refractivity contribution is 5.69. The zero-order valence-corrected chi connectivity index (χ0v) is 11.2. The summed E-state index contributed by atoms with van der Waals surface area (Å²) in [4.78, 5) is 11.1. The fraction of sp³-hybridized carbons (Fsp3) is 0.923. The second-order valence-corrected chi connectivity index (χ2v) is 4.36. The van der Waals surface area contributed by atoms with Crippen LogP contribution in [0.25, 0.3) is 0 Å². The molecule has 0 aliphatic rings. The van der Waals surface area contributed by atoms with Crippen molar-refractivity contribution in [2.75, 3.05) is 13.2 Å². The molecule has 3 heteroatoms. The second-order valence-electron chi connectivity index (χ2n) is 4.36. The highest BCUT2D eigenvalue weighted by atomic mass is 16.5. The molecule has 0 aromatic carbocycles. The third kappa shape index (κ3) is 7.69. The number of nitrogens with one attached hydrogen (secondary N) is 1. The molecule has 16 heavy (non-hydrogen) atoms. The molecule has 1 N–H and O–H groups in total. The Balaban J connectivity index is 3.66. The predicted molar refractivity (Wildman–Crippen MR) is 67.4 cm³/mol. The highest BCUT2D eigenvalue weighted by Crippen LogP contribution is 2.11. The molecule has 0 aliphatic heterocycles. The van der Waals surface area contributed by atoms with E-state index in [1.807, 2.05) is 6.92 Å². The van der Waals surface area contributed by atoms with Gasteiger partial charge < -0.3 is 10.1 Å². The first-order chi connectivity index (χ1) is 7.63. The number of rotatable bonds is 9. The lowest BCUT2D eigenvalue weighted by atomic mass is 9.98. The molecule has 2 atom stereocenters. The van der Waals surface area contributed by atoms with Crippen molar-refractivity contribution in [3.05, 3.63) is 0 Å². The van der Waals surface area contributed by atoms with Crippen LogP contribution in [0, 0.1) is 5.92 Å². The Bertz CT molecular complexity index is 183.